The molecule has 0 spiro atoms. The molecule has 0 saturated carbocycles. The highest BCUT2D eigenvalue weighted by atomic mass is 19.3. The smallest absolute Gasteiger partial charge is 0.267 e. The van der Waals surface area contributed by atoms with Crippen LogP contribution in [-0.4, -0.2) is 40.9 Å². The van der Waals surface area contributed by atoms with E-state index in [1.165, 1.54) is 18.6 Å². The van der Waals surface area contributed by atoms with Crippen molar-refractivity contribution < 1.29 is 28.5 Å². The van der Waals surface area contributed by atoms with Crippen molar-refractivity contribution in [3.63, 3.8) is 0 Å². The summed E-state index contributed by atoms with van der Waals surface area (Å²) in [5.41, 5.74) is 3.09. The Kier molecular flexibility index (Phi) is 7.30. The molecular formula is C31H33F2NO4. The van der Waals surface area contributed by atoms with Crippen LogP contribution in [0.1, 0.15) is 62.0 Å². The first-order chi connectivity index (χ1) is 18.2. The van der Waals surface area contributed by atoms with E-state index in [1.54, 1.807) is 24.3 Å². The quantitative estimate of drug-likeness (QED) is 0.344. The van der Waals surface area contributed by atoms with E-state index in [0.717, 1.165) is 35.9 Å². The number of rotatable bonds is 7. The highest BCUT2D eigenvalue weighted by Crippen LogP contribution is 2.48. The first-order valence-electron chi connectivity index (χ1n) is 13.0. The zero-order chi connectivity index (χ0) is 27.0. The van der Waals surface area contributed by atoms with Gasteiger partial charge in [-0.25, -0.2) is 8.78 Å². The number of nitrogens with zero attached hydrogens (tertiary/aromatic N) is 1. The van der Waals surface area contributed by atoms with Crippen LogP contribution in [0.3, 0.4) is 0 Å². The summed E-state index contributed by atoms with van der Waals surface area (Å²) >= 11 is 0. The standard InChI is InChI=1S/C31H33F2NO4/c1-18-12-13-34(16-18)19(2)17-37-24-8-4-21(5-9-24)30-29(22-6-10-27(36)26(14-22)31(32)33)20(3)25-15-23(35)7-11-28(25)38-30/h4-11,14-15,18-19,30-31,35-36H,12-13,16-17H2,1-3H3. The number of ether oxygens (including phenoxy) is 2. The summed E-state index contributed by atoms with van der Waals surface area (Å²) < 4.78 is 39.7. The third kappa shape index (κ3) is 5.20. The Bertz CT molecular complexity index is 1340. The van der Waals surface area contributed by atoms with E-state index in [9.17, 15) is 19.0 Å². The largest absolute Gasteiger partial charge is 0.508 e. The Balaban J connectivity index is 1.45. The van der Waals surface area contributed by atoms with Crippen molar-refractivity contribution in [1.29, 1.82) is 0 Å². The van der Waals surface area contributed by atoms with Gasteiger partial charge >= 0.3 is 0 Å². The zero-order valence-corrected chi connectivity index (χ0v) is 21.8. The first-order valence-corrected chi connectivity index (χ1v) is 13.0. The van der Waals surface area contributed by atoms with Gasteiger partial charge in [-0.15, -0.1) is 0 Å². The molecule has 3 atom stereocenters. The molecule has 0 aliphatic carbocycles. The number of phenolic OH excluding ortho intramolecular Hbond substituents is 2. The fraction of sp³-hybridized carbons (Fsp3) is 0.355. The molecule has 5 rings (SSSR count). The normalized spacial score (nSPS) is 20.4. The molecule has 7 heteroatoms. The Morgan fingerprint density at radius 3 is 2.50 bits per heavy atom. The molecule has 2 aliphatic rings. The molecule has 2 heterocycles. The van der Waals surface area contributed by atoms with Gasteiger partial charge in [0.2, 0.25) is 0 Å². The summed E-state index contributed by atoms with van der Waals surface area (Å²) in [5.74, 6) is 1.70. The second-order valence-electron chi connectivity index (χ2n) is 10.4. The lowest BCUT2D eigenvalue weighted by molar-refractivity contribution is 0.147. The molecule has 3 unspecified atom stereocenters. The van der Waals surface area contributed by atoms with Crippen molar-refractivity contribution in [3.05, 3.63) is 82.9 Å². The van der Waals surface area contributed by atoms with Gasteiger partial charge in [0.15, 0.2) is 0 Å². The number of allylic oxidation sites excluding steroid dienone is 1. The van der Waals surface area contributed by atoms with Crippen LogP contribution in [0.2, 0.25) is 0 Å². The Labute approximate surface area is 221 Å². The van der Waals surface area contributed by atoms with Gasteiger partial charge in [0, 0.05) is 23.7 Å². The van der Waals surface area contributed by atoms with Crippen LogP contribution in [0, 0.1) is 5.92 Å². The molecule has 5 nitrogen and oxygen atoms in total. The number of aromatic hydroxyl groups is 2. The molecule has 2 N–H and O–H groups in total. The highest BCUT2D eigenvalue weighted by Gasteiger charge is 2.31. The summed E-state index contributed by atoms with van der Waals surface area (Å²) in [6.45, 7) is 9.14. The van der Waals surface area contributed by atoms with Crippen LogP contribution in [-0.2, 0) is 0 Å². The van der Waals surface area contributed by atoms with Crippen LogP contribution in [0.15, 0.2) is 60.7 Å². The number of likely N-dealkylation sites (tertiary alicyclic amines) is 1. The average Bonchev–Trinajstić information content (AvgIpc) is 3.34. The molecule has 200 valence electrons. The van der Waals surface area contributed by atoms with Crippen molar-refractivity contribution in [2.24, 2.45) is 5.92 Å². The number of halogens is 2. The van der Waals surface area contributed by atoms with Crippen molar-refractivity contribution in [1.82, 2.24) is 4.90 Å². The van der Waals surface area contributed by atoms with Gasteiger partial charge in [0.25, 0.3) is 6.43 Å². The minimum atomic E-state index is -2.82. The number of benzene rings is 3. The van der Waals surface area contributed by atoms with E-state index >= 15 is 0 Å². The average molecular weight is 522 g/mol. The van der Waals surface area contributed by atoms with Crippen molar-refractivity contribution in [2.75, 3.05) is 19.7 Å². The van der Waals surface area contributed by atoms with E-state index < -0.39 is 23.8 Å². The SMILES string of the molecule is CC1=C(c2ccc(O)c(C(F)F)c2)C(c2ccc(OCC(C)N3CCC(C)C3)cc2)Oc2ccc(O)cc21. The predicted octanol–water partition coefficient (Wildman–Crippen LogP) is 7.21. The van der Waals surface area contributed by atoms with Crippen LogP contribution >= 0.6 is 0 Å². The number of hydrogen-bond acceptors (Lipinski definition) is 5. The second-order valence-corrected chi connectivity index (χ2v) is 10.4. The predicted molar refractivity (Wildman–Crippen MR) is 144 cm³/mol. The van der Waals surface area contributed by atoms with Crippen LogP contribution in [0.4, 0.5) is 8.78 Å². The molecule has 2 aliphatic heterocycles. The fourth-order valence-corrected chi connectivity index (χ4v) is 5.37. The van der Waals surface area contributed by atoms with Crippen molar-refractivity contribution >= 4 is 11.1 Å². The van der Waals surface area contributed by atoms with Crippen molar-refractivity contribution in [2.45, 2.75) is 45.8 Å². The third-order valence-corrected chi connectivity index (χ3v) is 7.60. The zero-order valence-electron chi connectivity index (χ0n) is 21.8. The molecule has 0 radical (unpaired) electrons. The Morgan fingerprint density at radius 1 is 1.05 bits per heavy atom. The van der Waals surface area contributed by atoms with E-state index in [4.69, 9.17) is 9.47 Å². The summed E-state index contributed by atoms with van der Waals surface area (Å²) in [4.78, 5) is 2.45. The second kappa shape index (κ2) is 10.7. The van der Waals surface area contributed by atoms with E-state index in [-0.39, 0.29) is 5.75 Å². The number of fused-ring (bicyclic) bond motifs is 1. The van der Waals surface area contributed by atoms with Gasteiger partial charge in [-0.05, 0) is 91.9 Å². The lowest BCUT2D eigenvalue weighted by atomic mass is 9.85. The van der Waals surface area contributed by atoms with Crippen LogP contribution in [0.25, 0.3) is 11.1 Å². The number of hydrogen-bond donors (Lipinski definition) is 2. The monoisotopic (exact) mass is 521 g/mol. The minimum absolute atomic E-state index is 0.0857. The molecule has 0 amide bonds. The van der Waals surface area contributed by atoms with E-state index in [0.29, 0.717) is 35.1 Å². The first kappa shape index (κ1) is 26.0. The van der Waals surface area contributed by atoms with Gasteiger partial charge in [-0.1, -0.05) is 25.1 Å². The summed E-state index contributed by atoms with van der Waals surface area (Å²) in [6.07, 6.45) is -2.18. The maximum atomic E-state index is 13.6. The molecule has 3 aromatic carbocycles. The fourth-order valence-electron chi connectivity index (χ4n) is 5.37. The topological polar surface area (TPSA) is 62.2 Å². The van der Waals surface area contributed by atoms with Gasteiger partial charge in [0.1, 0.15) is 35.7 Å². The molecule has 1 saturated heterocycles. The minimum Gasteiger partial charge on any atom is -0.508 e. The lowest BCUT2D eigenvalue weighted by Gasteiger charge is -2.31. The van der Waals surface area contributed by atoms with Crippen LogP contribution in [0.5, 0.6) is 23.0 Å². The van der Waals surface area contributed by atoms with E-state index in [1.807, 2.05) is 31.2 Å². The van der Waals surface area contributed by atoms with Gasteiger partial charge in [-0.3, -0.25) is 4.90 Å². The number of alkyl halides is 2. The van der Waals surface area contributed by atoms with Gasteiger partial charge < -0.3 is 19.7 Å². The summed E-state index contributed by atoms with van der Waals surface area (Å²) in [5, 5.41) is 20.0. The third-order valence-electron chi connectivity index (χ3n) is 7.60. The van der Waals surface area contributed by atoms with E-state index in [2.05, 4.69) is 18.7 Å². The molecule has 38 heavy (non-hydrogen) atoms. The Morgan fingerprint density at radius 2 is 1.82 bits per heavy atom. The maximum Gasteiger partial charge on any atom is 0.267 e. The van der Waals surface area contributed by atoms with Crippen LogP contribution < -0.4 is 9.47 Å². The molecular weight excluding hydrogens is 488 g/mol. The maximum absolute atomic E-state index is 13.6. The summed E-state index contributed by atoms with van der Waals surface area (Å²) in [7, 11) is 0. The lowest BCUT2D eigenvalue weighted by Crippen LogP contribution is -2.35. The molecule has 0 bridgehead atoms. The molecule has 0 aromatic heterocycles. The molecule has 1 fully saturated rings. The number of phenols is 2. The van der Waals surface area contributed by atoms with Gasteiger partial charge in [-0.2, -0.15) is 0 Å². The highest BCUT2D eigenvalue weighted by molar-refractivity contribution is 5.96. The summed E-state index contributed by atoms with van der Waals surface area (Å²) in [6, 6.07) is 17.1. The Hall–Kier alpha value is -3.58. The van der Waals surface area contributed by atoms with Gasteiger partial charge in [0.05, 0.1) is 5.56 Å². The van der Waals surface area contributed by atoms with Crippen molar-refractivity contribution in [3.8, 4) is 23.0 Å². The molecule has 3 aromatic rings.